The molecular formula is C19H32FIN4O. The SMILES string of the molecule is CCNC(=NCc1ccc(F)c(C)c1)NCC1(N(C)C)CCOCC1.I. The van der Waals surface area contributed by atoms with Crippen LogP contribution in [0.5, 0.6) is 0 Å². The number of benzene rings is 1. The second-order valence-corrected chi connectivity index (χ2v) is 6.86. The second-order valence-electron chi connectivity index (χ2n) is 6.86. The van der Waals surface area contributed by atoms with E-state index >= 15 is 0 Å². The number of likely N-dealkylation sites (N-methyl/N-ethyl adjacent to an activating group) is 1. The standard InChI is InChI=1S/C19H31FN4O.HI/c1-5-21-18(22-13-16-6-7-17(20)15(2)12-16)23-14-19(24(3)4)8-10-25-11-9-19;/h6-7,12H,5,8-11,13-14H2,1-4H3,(H2,21,22,23);1H. The quantitative estimate of drug-likeness (QED) is 0.375. The Morgan fingerprint density at radius 2 is 1.96 bits per heavy atom. The summed E-state index contributed by atoms with van der Waals surface area (Å²) in [5.74, 6) is 0.613. The van der Waals surface area contributed by atoms with Crippen molar-refractivity contribution in [1.82, 2.24) is 15.5 Å². The Hall–Kier alpha value is -0.930. The molecule has 1 aromatic rings. The molecule has 0 atom stereocenters. The minimum Gasteiger partial charge on any atom is -0.381 e. The van der Waals surface area contributed by atoms with Crippen molar-refractivity contribution in [1.29, 1.82) is 0 Å². The van der Waals surface area contributed by atoms with Crippen LogP contribution < -0.4 is 10.6 Å². The summed E-state index contributed by atoms with van der Waals surface area (Å²) >= 11 is 0. The van der Waals surface area contributed by atoms with Gasteiger partial charge in [0.05, 0.1) is 6.54 Å². The number of hydrogen-bond acceptors (Lipinski definition) is 3. The van der Waals surface area contributed by atoms with Gasteiger partial charge in [0.2, 0.25) is 0 Å². The highest BCUT2D eigenvalue weighted by Gasteiger charge is 2.34. The Morgan fingerprint density at radius 1 is 1.27 bits per heavy atom. The average Bonchev–Trinajstić information content (AvgIpc) is 2.61. The molecule has 0 spiro atoms. The molecule has 1 heterocycles. The highest BCUT2D eigenvalue weighted by atomic mass is 127. The topological polar surface area (TPSA) is 48.9 Å². The fraction of sp³-hybridized carbons (Fsp3) is 0.632. The van der Waals surface area contributed by atoms with E-state index in [4.69, 9.17) is 4.74 Å². The van der Waals surface area contributed by atoms with Crippen molar-refractivity contribution >= 4 is 29.9 Å². The molecule has 7 heteroatoms. The van der Waals surface area contributed by atoms with Crippen molar-refractivity contribution in [3.8, 4) is 0 Å². The predicted molar refractivity (Wildman–Crippen MR) is 116 cm³/mol. The normalized spacial score (nSPS) is 16.9. The third-order valence-electron chi connectivity index (χ3n) is 4.94. The zero-order valence-corrected chi connectivity index (χ0v) is 18.6. The lowest BCUT2D eigenvalue weighted by atomic mass is 9.88. The molecule has 0 unspecified atom stereocenters. The van der Waals surface area contributed by atoms with Gasteiger partial charge < -0.3 is 20.3 Å². The molecule has 0 aliphatic carbocycles. The van der Waals surface area contributed by atoms with Crippen LogP contribution in [-0.4, -0.2) is 56.8 Å². The number of nitrogens with zero attached hydrogens (tertiary/aromatic N) is 2. The summed E-state index contributed by atoms with van der Waals surface area (Å²) in [6, 6.07) is 5.14. The van der Waals surface area contributed by atoms with Gasteiger partial charge in [0, 0.05) is 31.8 Å². The van der Waals surface area contributed by atoms with Crippen molar-refractivity contribution in [3.63, 3.8) is 0 Å². The van der Waals surface area contributed by atoms with E-state index in [1.165, 1.54) is 6.07 Å². The lowest BCUT2D eigenvalue weighted by Gasteiger charge is -2.43. The van der Waals surface area contributed by atoms with Gasteiger partial charge in [-0.1, -0.05) is 12.1 Å². The number of ether oxygens (including phenoxy) is 1. The van der Waals surface area contributed by atoms with E-state index in [0.29, 0.717) is 12.1 Å². The summed E-state index contributed by atoms with van der Waals surface area (Å²) < 4.78 is 18.9. The number of aryl methyl sites for hydroxylation is 1. The van der Waals surface area contributed by atoms with Gasteiger partial charge in [-0.05, 0) is 58.0 Å². The molecule has 1 saturated heterocycles. The summed E-state index contributed by atoms with van der Waals surface area (Å²) in [5.41, 5.74) is 1.74. The summed E-state index contributed by atoms with van der Waals surface area (Å²) in [6.45, 7) is 7.55. The number of rotatable bonds is 6. The van der Waals surface area contributed by atoms with Gasteiger partial charge in [0.25, 0.3) is 0 Å². The van der Waals surface area contributed by atoms with Crippen molar-refractivity contribution in [2.75, 3.05) is 40.4 Å². The summed E-state index contributed by atoms with van der Waals surface area (Å²) in [5, 5.41) is 6.77. The molecule has 148 valence electrons. The molecule has 26 heavy (non-hydrogen) atoms. The maximum absolute atomic E-state index is 13.4. The van der Waals surface area contributed by atoms with Crippen LogP contribution in [0.25, 0.3) is 0 Å². The Bertz CT molecular complexity index is 589. The molecule has 1 aliphatic rings. The third kappa shape index (κ3) is 6.35. The molecular weight excluding hydrogens is 446 g/mol. The van der Waals surface area contributed by atoms with Crippen LogP contribution in [0.2, 0.25) is 0 Å². The average molecular weight is 478 g/mol. The Labute approximate surface area is 173 Å². The van der Waals surface area contributed by atoms with Gasteiger partial charge in [-0.3, -0.25) is 0 Å². The summed E-state index contributed by atoms with van der Waals surface area (Å²) in [7, 11) is 4.25. The van der Waals surface area contributed by atoms with Crippen LogP contribution in [-0.2, 0) is 11.3 Å². The van der Waals surface area contributed by atoms with Crippen LogP contribution in [0.1, 0.15) is 30.9 Å². The van der Waals surface area contributed by atoms with Crippen molar-refractivity contribution in [3.05, 3.63) is 35.1 Å². The number of guanidine groups is 1. The second kappa shape index (κ2) is 11.0. The molecule has 2 N–H and O–H groups in total. The monoisotopic (exact) mass is 478 g/mol. The van der Waals surface area contributed by atoms with Crippen LogP contribution in [0.3, 0.4) is 0 Å². The fourth-order valence-corrected chi connectivity index (χ4v) is 3.10. The van der Waals surface area contributed by atoms with E-state index in [1.54, 1.807) is 13.0 Å². The molecule has 0 bridgehead atoms. The first-order valence-corrected chi connectivity index (χ1v) is 8.99. The van der Waals surface area contributed by atoms with E-state index in [2.05, 4.69) is 41.5 Å². The van der Waals surface area contributed by atoms with Crippen LogP contribution >= 0.6 is 24.0 Å². The van der Waals surface area contributed by atoms with Gasteiger partial charge in [0.1, 0.15) is 5.82 Å². The molecule has 1 aliphatic heterocycles. The van der Waals surface area contributed by atoms with E-state index in [1.807, 2.05) is 6.07 Å². The van der Waals surface area contributed by atoms with Gasteiger partial charge >= 0.3 is 0 Å². The van der Waals surface area contributed by atoms with E-state index in [-0.39, 0.29) is 35.3 Å². The largest absolute Gasteiger partial charge is 0.381 e. The smallest absolute Gasteiger partial charge is 0.191 e. The first-order chi connectivity index (χ1) is 12.0. The van der Waals surface area contributed by atoms with Crippen LogP contribution in [0.15, 0.2) is 23.2 Å². The molecule has 0 saturated carbocycles. The van der Waals surface area contributed by atoms with E-state index < -0.39 is 0 Å². The first-order valence-electron chi connectivity index (χ1n) is 8.99. The number of hydrogen-bond donors (Lipinski definition) is 2. The van der Waals surface area contributed by atoms with Crippen molar-refractivity contribution < 1.29 is 9.13 Å². The van der Waals surface area contributed by atoms with Crippen molar-refractivity contribution in [2.24, 2.45) is 4.99 Å². The highest BCUT2D eigenvalue weighted by Crippen LogP contribution is 2.25. The molecule has 1 aromatic carbocycles. The molecule has 0 radical (unpaired) electrons. The van der Waals surface area contributed by atoms with E-state index in [9.17, 15) is 4.39 Å². The molecule has 5 nitrogen and oxygen atoms in total. The number of aliphatic imine (C=N–C) groups is 1. The van der Waals surface area contributed by atoms with Crippen LogP contribution in [0.4, 0.5) is 4.39 Å². The zero-order chi connectivity index (χ0) is 18.3. The molecule has 0 aromatic heterocycles. The van der Waals surface area contributed by atoms with Gasteiger partial charge in [-0.25, -0.2) is 9.38 Å². The summed E-state index contributed by atoms with van der Waals surface area (Å²) in [6.07, 6.45) is 2.01. The Balaban J connectivity index is 0.00000338. The van der Waals surface area contributed by atoms with E-state index in [0.717, 1.165) is 50.7 Å². The molecule has 1 fully saturated rings. The fourth-order valence-electron chi connectivity index (χ4n) is 3.10. The molecule has 0 amide bonds. The number of halogens is 2. The third-order valence-corrected chi connectivity index (χ3v) is 4.94. The van der Waals surface area contributed by atoms with Gasteiger partial charge in [-0.15, -0.1) is 24.0 Å². The zero-order valence-electron chi connectivity index (χ0n) is 16.3. The number of nitrogens with one attached hydrogen (secondary N) is 2. The minimum absolute atomic E-state index is 0. The first kappa shape index (κ1) is 23.1. The Morgan fingerprint density at radius 3 is 2.54 bits per heavy atom. The predicted octanol–water partition coefficient (Wildman–Crippen LogP) is 2.92. The highest BCUT2D eigenvalue weighted by molar-refractivity contribution is 14.0. The maximum atomic E-state index is 13.4. The maximum Gasteiger partial charge on any atom is 0.191 e. The molecule has 2 rings (SSSR count). The minimum atomic E-state index is -0.176. The lowest BCUT2D eigenvalue weighted by Crippen LogP contribution is -2.57. The summed E-state index contributed by atoms with van der Waals surface area (Å²) in [4.78, 5) is 6.94. The Kier molecular flexibility index (Phi) is 9.81. The van der Waals surface area contributed by atoms with Gasteiger partial charge in [0.15, 0.2) is 5.96 Å². The van der Waals surface area contributed by atoms with Crippen LogP contribution in [0, 0.1) is 12.7 Å². The van der Waals surface area contributed by atoms with Gasteiger partial charge in [-0.2, -0.15) is 0 Å². The lowest BCUT2D eigenvalue weighted by molar-refractivity contribution is -0.00501. The van der Waals surface area contributed by atoms with Crippen molar-refractivity contribution in [2.45, 2.75) is 38.8 Å².